The van der Waals surface area contributed by atoms with Crippen LogP contribution in [-0.4, -0.2) is 22.4 Å². The third kappa shape index (κ3) is 5.80. The molecule has 1 amide bonds. The molecule has 0 aliphatic rings. The van der Waals surface area contributed by atoms with E-state index in [1.165, 1.54) is 11.1 Å². The van der Waals surface area contributed by atoms with Crippen LogP contribution in [-0.2, 0) is 30.5 Å². The first-order chi connectivity index (χ1) is 12.3. The lowest BCUT2D eigenvalue weighted by atomic mass is 10.1. The van der Waals surface area contributed by atoms with Gasteiger partial charge in [0.2, 0.25) is 5.91 Å². The van der Waals surface area contributed by atoms with Crippen molar-refractivity contribution in [2.45, 2.75) is 25.7 Å². The SMILES string of the molecule is O=C(Cc1csc(CCc2ccncc2)n1)NCCc1ccccc1. The Labute approximate surface area is 152 Å². The lowest BCUT2D eigenvalue weighted by Gasteiger charge is -2.04. The van der Waals surface area contributed by atoms with Crippen LogP contribution in [0, 0.1) is 0 Å². The first-order valence-corrected chi connectivity index (χ1v) is 9.30. The van der Waals surface area contributed by atoms with E-state index in [4.69, 9.17) is 0 Å². The average molecular weight is 351 g/mol. The number of hydrogen-bond donors (Lipinski definition) is 1. The van der Waals surface area contributed by atoms with Gasteiger partial charge in [-0.2, -0.15) is 0 Å². The maximum atomic E-state index is 12.0. The average Bonchev–Trinajstić information content (AvgIpc) is 3.09. The maximum absolute atomic E-state index is 12.0. The van der Waals surface area contributed by atoms with Crippen LogP contribution in [0.5, 0.6) is 0 Å². The molecule has 0 bridgehead atoms. The summed E-state index contributed by atoms with van der Waals surface area (Å²) < 4.78 is 0. The zero-order chi connectivity index (χ0) is 17.3. The molecule has 0 saturated heterocycles. The second kappa shape index (κ2) is 9.08. The zero-order valence-corrected chi connectivity index (χ0v) is 14.8. The number of aryl methyl sites for hydroxylation is 2. The lowest BCUT2D eigenvalue weighted by molar-refractivity contribution is -0.120. The number of hydrogen-bond acceptors (Lipinski definition) is 4. The molecule has 0 radical (unpaired) electrons. The highest BCUT2D eigenvalue weighted by atomic mass is 32.1. The number of nitrogens with one attached hydrogen (secondary N) is 1. The Bertz CT molecular complexity index is 787. The van der Waals surface area contributed by atoms with Crippen LogP contribution >= 0.6 is 11.3 Å². The molecule has 4 nitrogen and oxygen atoms in total. The second-order valence-electron chi connectivity index (χ2n) is 5.85. The van der Waals surface area contributed by atoms with Crippen molar-refractivity contribution in [2.24, 2.45) is 0 Å². The normalized spacial score (nSPS) is 10.6. The summed E-state index contributed by atoms with van der Waals surface area (Å²) in [4.78, 5) is 20.6. The monoisotopic (exact) mass is 351 g/mol. The summed E-state index contributed by atoms with van der Waals surface area (Å²) in [6, 6.07) is 14.2. The number of carbonyl (C=O) groups excluding carboxylic acids is 1. The molecular weight excluding hydrogens is 330 g/mol. The maximum Gasteiger partial charge on any atom is 0.226 e. The summed E-state index contributed by atoms with van der Waals surface area (Å²) >= 11 is 1.62. The Morgan fingerprint density at radius 2 is 1.72 bits per heavy atom. The summed E-state index contributed by atoms with van der Waals surface area (Å²) in [7, 11) is 0. The third-order valence-corrected chi connectivity index (χ3v) is 4.85. The highest BCUT2D eigenvalue weighted by Crippen LogP contribution is 2.13. The molecule has 0 aliphatic heterocycles. The number of thiazole rings is 1. The molecule has 25 heavy (non-hydrogen) atoms. The third-order valence-electron chi connectivity index (χ3n) is 3.90. The minimum absolute atomic E-state index is 0.0296. The van der Waals surface area contributed by atoms with Crippen LogP contribution in [0.4, 0.5) is 0 Å². The predicted octanol–water partition coefficient (Wildman–Crippen LogP) is 3.22. The predicted molar refractivity (Wildman–Crippen MR) is 101 cm³/mol. The topological polar surface area (TPSA) is 54.9 Å². The van der Waals surface area contributed by atoms with Gasteiger partial charge in [0.1, 0.15) is 0 Å². The number of pyridine rings is 1. The smallest absolute Gasteiger partial charge is 0.226 e. The van der Waals surface area contributed by atoms with Crippen molar-refractivity contribution in [1.82, 2.24) is 15.3 Å². The van der Waals surface area contributed by atoms with E-state index in [0.29, 0.717) is 13.0 Å². The summed E-state index contributed by atoms with van der Waals surface area (Å²) in [5.41, 5.74) is 3.34. The fourth-order valence-corrected chi connectivity index (χ4v) is 3.36. The van der Waals surface area contributed by atoms with E-state index in [1.807, 2.05) is 48.1 Å². The second-order valence-corrected chi connectivity index (χ2v) is 6.79. The Morgan fingerprint density at radius 1 is 0.960 bits per heavy atom. The quantitative estimate of drug-likeness (QED) is 0.678. The van der Waals surface area contributed by atoms with Gasteiger partial charge in [-0.15, -0.1) is 11.3 Å². The number of carbonyl (C=O) groups is 1. The van der Waals surface area contributed by atoms with Gasteiger partial charge < -0.3 is 5.32 Å². The Kier molecular flexibility index (Phi) is 6.29. The molecule has 1 N–H and O–H groups in total. The van der Waals surface area contributed by atoms with Gasteiger partial charge in [0, 0.05) is 30.7 Å². The van der Waals surface area contributed by atoms with Crippen molar-refractivity contribution in [1.29, 1.82) is 0 Å². The van der Waals surface area contributed by atoms with Gasteiger partial charge in [0.05, 0.1) is 17.1 Å². The Morgan fingerprint density at radius 3 is 2.52 bits per heavy atom. The van der Waals surface area contributed by atoms with Gasteiger partial charge in [-0.1, -0.05) is 30.3 Å². The van der Waals surface area contributed by atoms with E-state index < -0.39 is 0 Å². The van der Waals surface area contributed by atoms with Crippen molar-refractivity contribution in [3.05, 3.63) is 82.1 Å². The summed E-state index contributed by atoms with van der Waals surface area (Å²) in [5, 5.41) is 6.02. The molecule has 0 aliphatic carbocycles. The van der Waals surface area contributed by atoms with E-state index in [9.17, 15) is 4.79 Å². The first-order valence-electron chi connectivity index (χ1n) is 8.42. The van der Waals surface area contributed by atoms with Crippen LogP contribution in [0.25, 0.3) is 0 Å². The molecule has 1 aromatic carbocycles. The van der Waals surface area contributed by atoms with Gasteiger partial charge in [0.15, 0.2) is 0 Å². The van der Waals surface area contributed by atoms with E-state index in [2.05, 4.69) is 27.4 Å². The van der Waals surface area contributed by atoms with E-state index >= 15 is 0 Å². The molecule has 0 unspecified atom stereocenters. The van der Waals surface area contributed by atoms with Gasteiger partial charge in [-0.3, -0.25) is 9.78 Å². The van der Waals surface area contributed by atoms with Gasteiger partial charge in [-0.05, 0) is 36.1 Å². The molecule has 2 aromatic heterocycles. The van der Waals surface area contributed by atoms with Gasteiger partial charge >= 0.3 is 0 Å². The largest absolute Gasteiger partial charge is 0.355 e. The van der Waals surface area contributed by atoms with Crippen molar-refractivity contribution in [3.63, 3.8) is 0 Å². The van der Waals surface area contributed by atoms with E-state index in [0.717, 1.165) is 30.0 Å². The molecule has 3 aromatic rings. The van der Waals surface area contributed by atoms with Crippen LogP contribution < -0.4 is 5.32 Å². The molecular formula is C20H21N3OS. The summed E-state index contributed by atoms with van der Waals surface area (Å²) in [5.74, 6) is 0.0296. The standard InChI is InChI=1S/C20H21N3OS/c24-19(22-13-10-16-4-2-1-3-5-16)14-18-15-25-20(23-18)7-6-17-8-11-21-12-9-17/h1-5,8-9,11-12,15H,6-7,10,13-14H2,(H,22,24). The number of benzene rings is 1. The van der Waals surface area contributed by atoms with Crippen molar-refractivity contribution in [3.8, 4) is 0 Å². The highest BCUT2D eigenvalue weighted by molar-refractivity contribution is 7.09. The van der Waals surface area contributed by atoms with E-state index in [-0.39, 0.29) is 5.91 Å². The molecule has 5 heteroatoms. The molecule has 128 valence electrons. The molecule has 0 atom stereocenters. The fraction of sp³-hybridized carbons (Fsp3) is 0.250. The molecule has 2 heterocycles. The fourth-order valence-electron chi connectivity index (χ4n) is 2.56. The van der Waals surface area contributed by atoms with E-state index in [1.54, 1.807) is 11.3 Å². The number of nitrogens with zero attached hydrogens (tertiary/aromatic N) is 2. The van der Waals surface area contributed by atoms with Crippen molar-refractivity contribution < 1.29 is 4.79 Å². The van der Waals surface area contributed by atoms with Crippen LogP contribution in [0.2, 0.25) is 0 Å². The number of amides is 1. The zero-order valence-electron chi connectivity index (χ0n) is 14.0. The highest BCUT2D eigenvalue weighted by Gasteiger charge is 2.08. The molecule has 0 saturated carbocycles. The van der Waals surface area contributed by atoms with Crippen LogP contribution in [0.15, 0.2) is 60.2 Å². The molecule has 0 fully saturated rings. The van der Waals surface area contributed by atoms with Gasteiger partial charge in [0.25, 0.3) is 0 Å². The summed E-state index contributed by atoms with van der Waals surface area (Å²) in [6.45, 7) is 0.655. The minimum atomic E-state index is 0.0296. The Hall–Kier alpha value is -2.53. The van der Waals surface area contributed by atoms with Crippen LogP contribution in [0.3, 0.4) is 0 Å². The molecule has 3 rings (SSSR count). The van der Waals surface area contributed by atoms with Gasteiger partial charge in [-0.25, -0.2) is 4.98 Å². The Balaban J connectivity index is 1.40. The molecule has 0 spiro atoms. The lowest BCUT2D eigenvalue weighted by Crippen LogP contribution is -2.27. The van der Waals surface area contributed by atoms with Crippen molar-refractivity contribution in [2.75, 3.05) is 6.54 Å². The minimum Gasteiger partial charge on any atom is -0.355 e. The van der Waals surface area contributed by atoms with Crippen molar-refractivity contribution >= 4 is 17.2 Å². The number of aromatic nitrogens is 2. The first kappa shape index (κ1) is 17.3. The van der Waals surface area contributed by atoms with Crippen LogP contribution in [0.1, 0.15) is 21.8 Å². The summed E-state index contributed by atoms with van der Waals surface area (Å²) in [6.07, 6.45) is 6.65. The number of rotatable bonds is 8.